The number of esters is 6. The Labute approximate surface area is 267 Å². The first kappa shape index (κ1) is 39.0. The fourth-order valence-corrected chi connectivity index (χ4v) is 4.71. The van der Waals surface area contributed by atoms with E-state index in [-0.39, 0.29) is 0 Å². The molecule has 2 N–H and O–H groups in total. The predicted molar refractivity (Wildman–Crippen MR) is 144 cm³/mol. The van der Waals surface area contributed by atoms with Crippen LogP contribution in [-0.2, 0) is 80.9 Å². The zero-order valence-corrected chi connectivity index (χ0v) is 26.4. The number of primary amides is 1. The van der Waals surface area contributed by atoms with Crippen LogP contribution in [0.3, 0.4) is 0 Å². The van der Waals surface area contributed by atoms with Gasteiger partial charge in [-0.1, -0.05) is 0 Å². The number of carbonyl (C=O) groups is 7. The van der Waals surface area contributed by atoms with E-state index in [9.17, 15) is 38.0 Å². The number of halogens is 1. The van der Waals surface area contributed by atoms with Gasteiger partial charge >= 0.3 is 41.9 Å². The second-order valence-electron chi connectivity index (χ2n) is 10.0. The minimum atomic E-state index is -1.89. The highest BCUT2D eigenvalue weighted by Crippen LogP contribution is 2.35. The molecule has 2 fully saturated rings. The molecule has 19 nitrogen and oxygen atoms in total. The lowest BCUT2D eigenvalue weighted by Gasteiger charge is -2.48. The van der Waals surface area contributed by atoms with Gasteiger partial charge in [0.25, 0.3) is 0 Å². The van der Waals surface area contributed by atoms with Crippen LogP contribution in [0.2, 0.25) is 0 Å². The van der Waals surface area contributed by atoms with Gasteiger partial charge in [0.1, 0.15) is 32.1 Å². The predicted octanol–water partition coefficient (Wildman–Crippen LogP) is -0.876. The fourth-order valence-electron chi connectivity index (χ4n) is 4.71. The van der Waals surface area contributed by atoms with Gasteiger partial charge in [-0.3, -0.25) is 28.8 Å². The lowest BCUT2D eigenvalue weighted by molar-refractivity contribution is -0.368. The second-order valence-corrected chi connectivity index (χ2v) is 10.0. The molecule has 0 unspecified atom stereocenters. The van der Waals surface area contributed by atoms with Gasteiger partial charge in [0, 0.05) is 41.5 Å². The first-order valence-corrected chi connectivity index (χ1v) is 14.1. The van der Waals surface area contributed by atoms with E-state index >= 15 is 0 Å². The van der Waals surface area contributed by atoms with Crippen molar-refractivity contribution in [1.82, 2.24) is 0 Å². The van der Waals surface area contributed by atoms with E-state index in [4.69, 9.17) is 57.8 Å². The monoisotopic (exact) mass is 683 g/mol. The number of hydrogen-bond acceptors (Lipinski definition) is 18. The Balaban J connectivity index is 2.69. The Hall–Kier alpha value is -4.14. The standard InChI is InChI=1S/C27H38FNO18/c1-11(30)38-9-17-19(40-13(3)32)21(42-15(5)34)23(25(44-17)37-8-7-28)46-26-24(43-16(6)35)22(47-27(29)36)20(41-14(4)33)18(45-26)10-39-12(2)31/h17-26H,7-10H2,1-6H3,(H2,29,36)/t17-,18+,19+,20+,21-,22-,23-,24-,25-,26+/m0/s1. The van der Waals surface area contributed by atoms with Crippen molar-refractivity contribution >= 4 is 41.9 Å². The molecule has 47 heavy (non-hydrogen) atoms. The molecule has 0 aromatic carbocycles. The van der Waals surface area contributed by atoms with Crippen LogP contribution in [0.15, 0.2) is 0 Å². The molecule has 0 aromatic heterocycles. The van der Waals surface area contributed by atoms with E-state index in [1.54, 1.807) is 0 Å². The van der Waals surface area contributed by atoms with Gasteiger partial charge in [-0.05, 0) is 0 Å². The minimum absolute atomic E-state index is 0.549. The normalized spacial score (nSPS) is 30.2. The van der Waals surface area contributed by atoms with Gasteiger partial charge in [0.2, 0.25) is 0 Å². The summed E-state index contributed by atoms with van der Waals surface area (Å²) >= 11 is 0. The maximum absolute atomic E-state index is 13.3. The summed E-state index contributed by atoms with van der Waals surface area (Å²) in [6.45, 7) is 3.34. The molecule has 2 aliphatic heterocycles. The van der Waals surface area contributed by atoms with E-state index in [1.165, 1.54) is 0 Å². The van der Waals surface area contributed by atoms with Crippen molar-refractivity contribution < 1.29 is 90.1 Å². The van der Waals surface area contributed by atoms with Crippen LogP contribution in [0, 0.1) is 0 Å². The van der Waals surface area contributed by atoms with Crippen LogP contribution in [0.5, 0.6) is 0 Å². The Morgan fingerprint density at radius 2 is 0.957 bits per heavy atom. The number of carbonyl (C=O) groups excluding carboxylic acids is 7. The highest BCUT2D eigenvalue weighted by Gasteiger charge is 2.57. The Morgan fingerprint density at radius 3 is 1.36 bits per heavy atom. The van der Waals surface area contributed by atoms with Crippen LogP contribution in [0.4, 0.5) is 9.18 Å². The zero-order chi connectivity index (χ0) is 35.4. The average molecular weight is 684 g/mol. The molecular weight excluding hydrogens is 645 g/mol. The highest BCUT2D eigenvalue weighted by atomic mass is 19.1. The summed E-state index contributed by atoms with van der Waals surface area (Å²) in [5, 5.41) is 0. The first-order chi connectivity index (χ1) is 22.0. The van der Waals surface area contributed by atoms with Crippen LogP contribution < -0.4 is 5.73 Å². The fraction of sp³-hybridized carbons (Fsp3) is 0.741. The summed E-state index contributed by atoms with van der Waals surface area (Å²) < 4.78 is 73.3. The molecule has 2 heterocycles. The van der Waals surface area contributed by atoms with Crippen molar-refractivity contribution in [2.45, 2.75) is 103 Å². The molecule has 0 saturated carbocycles. The van der Waals surface area contributed by atoms with Crippen LogP contribution in [0.1, 0.15) is 41.5 Å². The molecule has 2 saturated heterocycles. The van der Waals surface area contributed by atoms with Crippen molar-refractivity contribution in [3.63, 3.8) is 0 Å². The Morgan fingerprint density at radius 1 is 0.553 bits per heavy atom. The smallest absolute Gasteiger partial charge is 0.405 e. The van der Waals surface area contributed by atoms with Crippen LogP contribution >= 0.6 is 0 Å². The summed E-state index contributed by atoms with van der Waals surface area (Å²) in [6.07, 6.45) is -17.9. The summed E-state index contributed by atoms with van der Waals surface area (Å²) in [4.78, 5) is 83.8. The Kier molecular flexibility index (Phi) is 15.2. The minimum Gasteiger partial charge on any atom is -0.463 e. The van der Waals surface area contributed by atoms with E-state index in [2.05, 4.69) is 0 Å². The van der Waals surface area contributed by atoms with E-state index in [0.717, 1.165) is 41.5 Å². The zero-order valence-electron chi connectivity index (χ0n) is 26.4. The molecule has 10 atom stereocenters. The average Bonchev–Trinajstić information content (AvgIpc) is 2.94. The van der Waals surface area contributed by atoms with Crippen molar-refractivity contribution in [2.75, 3.05) is 26.5 Å². The van der Waals surface area contributed by atoms with Gasteiger partial charge in [0.05, 0.1) is 6.61 Å². The molecule has 266 valence electrons. The number of rotatable bonds is 14. The largest absolute Gasteiger partial charge is 0.463 e. The van der Waals surface area contributed by atoms with Gasteiger partial charge in [-0.2, -0.15) is 0 Å². The third-order valence-corrected chi connectivity index (χ3v) is 6.20. The number of alkyl halides is 1. The molecule has 20 heteroatoms. The summed E-state index contributed by atoms with van der Waals surface area (Å²) in [5.74, 6) is -5.26. The maximum Gasteiger partial charge on any atom is 0.405 e. The highest BCUT2D eigenvalue weighted by molar-refractivity contribution is 5.69. The van der Waals surface area contributed by atoms with E-state index in [1.807, 2.05) is 0 Å². The van der Waals surface area contributed by atoms with Gasteiger partial charge in [-0.25, -0.2) is 9.18 Å². The molecule has 2 aliphatic rings. The van der Waals surface area contributed by atoms with E-state index in [0.29, 0.717) is 0 Å². The van der Waals surface area contributed by atoms with Crippen LogP contribution in [0.25, 0.3) is 0 Å². The second kappa shape index (κ2) is 18.3. The number of hydrogen-bond donors (Lipinski definition) is 1. The molecule has 0 aliphatic carbocycles. The lowest BCUT2D eigenvalue weighted by Crippen LogP contribution is -2.67. The van der Waals surface area contributed by atoms with Gasteiger partial charge in [0.15, 0.2) is 49.2 Å². The Bertz CT molecular complexity index is 1150. The molecule has 2 rings (SSSR count). The third kappa shape index (κ3) is 12.2. The van der Waals surface area contributed by atoms with Crippen molar-refractivity contribution in [3.8, 4) is 0 Å². The molecule has 0 aromatic rings. The first-order valence-electron chi connectivity index (χ1n) is 14.1. The summed E-state index contributed by atoms with van der Waals surface area (Å²) in [5.41, 5.74) is 5.26. The summed E-state index contributed by atoms with van der Waals surface area (Å²) in [6, 6.07) is 0. The topological polar surface area (TPSA) is 247 Å². The van der Waals surface area contributed by atoms with Crippen molar-refractivity contribution in [3.05, 3.63) is 0 Å². The maximum atomic E-state index is 13.3. The van der Waals surface area contributed by atoms with Crippen molar-refractivity contribution in [2.24, 2.45) is 5.73 Å². The molecule has 0 bridgehead atoms. The van der Waals surface area contributed by atoms with Crippen molar-refractivity contribution in [1.29, 1.82) is 0 Å². The van der Waals surface area contributed by atoms with E-state index < -0.39 is 130 Å². The third-order valence-electron chi connectivity index (χ3n) is 6.20. The van der Waals surface area contributed by atoms with Crippen LogP contribution in [-0.4, -0.2) is 130 Å². The molecule has 0 radical (unpaired) electrons. The van der Waals surface area contributed by atoms with Gasteiger partial charge in [-0.15, -0.1) is 0 Å². The lowest BCUT2D eigenvalue weighted by atomic mass is 9.96. The molecule has 0 spiro atoms. The SMILES string of the molecule is CC(=O)OC[C@@H]1O[C@H](OCCF)[C@@H](O[C@H]2O[C@H](COC(C)=O)[C@@H](OC(C)=O)[C@H](OC(N)=O)[C@@H]2OC(C)=O)[C@@H](OC(C)=O)[C@@H]1OC(C)=O. The summed E-state index contributed by atoms with van der Waals surface area (Å²) in [7, 11) is 0. The quantitative estimate of drug-likeness (QED) is 0.172. The number of nitrogens with two attached hydrogens (primary N) is 1. The molecule has 1 amide bonds. The number of amides is 1. The number of ether oxygens (including phenoxy) is 11. The van der Waals surface area contributed by atoms with Gasteiger partial charge < -0.3 is 57.8 Å². The molecular formula is C27H38FNO18.